The molecule has 1 fully saturated rings. The van der Waals surface area contributed by atoms with Gasteiger partial charge in [0.15, 0.2) is 6.61 Å². The highest BCUT2D eigenvalue weighted by Gasteiger charge is 2.28. The second kappa shape index (κ2) is 6.87. The van der Waals surface area contributed by atoms with Crippen LogP contribution < -0.4 is 0 Å². The van der Waals surface area contributed by atoms with E-state index >= 15 is 0 Å². The van der Waals surface area contributed by atoms with Gasteiger partial charge in [0.25, 0.3) is 0 Å². The monoisotopic (exact) mass is 324 g/mol. The summed E-state index contributed by atoms with van der Waals surface area (Å²) in [5.41, 5.74) is 0.649. The summed E-state index contributed by atoms with van der Waals surface area (Å²) in [6.07, 6.45) is 0. The predicted octanol–water partition coefficient (Wildman–Crippen LogP) is 0.696. The van der Waals surface area contributed by atoms with Crippen LogP contribution in [0, 0.1) is 18.3 Å². The van der Waals surface area contributed by atoms with Crippen molar-refractivity contribution in [2.75, 3.05) is 32.9 Å². The fraction of sp³-hybridized carbons (Fsp3) is 0.429. The Kier molecular flexibility index (Phi) is 5.13. The number of carbonyl (C=O) groups is 1. The number of morpholine rings is 1. The summed E-state index contributed by atoms with van der Waals surface area (Å²) in [6.45, 7) is 2.55. The molecular formula is C14H16N2O5S. The Bertz CT molecular complexity index is 702. The summed E-state index contributed by atoms with van der Waals surface area (Å²) in [4.78, 5) is 11.8. The number of aryl methyl sites for hydroxylation is 1. The zero-order valence-corrected chi connectivity index (χ0v) is 12.9. The molecule has 2 rings (SSSR count). The van der Waals surface area contributed by atoms with Gasteiger partial charge in [0.2, 0.25) is 10.0 Å². The van der Waals surface area contributed by atoms with Gasteiger partial charge in [-0.3, -0.25) is 0 Å². The average molecular weight is 324 g/mol. The molecule has 0 aliphatic carbocycles. The van der Waals surface area contributed by atoms with Crippen molar-refractivity contribution < 1.29 is 22.7 Å². The van der Waals surface area contributed by atoms with Crippen molar-refractivity contribution in [2.24, 2.45) is 0 Å². The van der Waals surface area contributed by atoms with Crippen LogP contribution in [0.2, 0.25) is 0 Å². The summed E-state index contributed by atoms with van der Waals surface area (Å²) < 4.78 is 36.5. The number of hydrogen-bond donors (Lipinski definition) is 0. The largest absolute Gasteiger partial charge is 0.447 e. The second-order valence-corrected chi connectivity index (χ2v) is 6.64. The Morgan fingerprint density at radius 1 is 1.41 bits per heavy atom. The topological polar surface area (TPSA) is 96.7 Å². The lowest BCUT2D eigenvalue weighted by atomic mass is 10.1. The van der Waals surface area contributed by atoms with Crippen LogP contribution >= 0.6 is 0 Å². The van der Waals surface area contributed by atoms with Crippen molar-refractivity contribution in [2.45, 2.75) is 11.8 Å². The lowest BCUT2D eigenvalue weighted by Crippen LogP contribution is -2.40. The Hall–Kier alpha value is -1.95. The lowest BCUT2D eigenvalue weighted by molar-refractivity contribution is 0.0554. The van der Waals surface area contributed by atoms with E-state index in [1.54, 1.807) is 19.1 Å². The molecule has 1 heterocycles. The Morgan fingerprint density at radius 2 is 2.09 bits per heavy atom. The molecule has 0 radical (unpaired) electrons. The van der Waals surface area contributed by atoms with Crippen molar-refractivity contribution in [3.8, 4) is 6.07 Å². The molecule has 0 atom stereocenters. The zero-order valence-electron chi connectivity index (χ0n) is 12.1. The van der Waals surface area contributed by atoms with Crippen LogP contribution in [0.5, 0.6) is 0 Å². The van der Waals surface area contributed by atoms with Crippen molar-refractivity contribution in [3.63, 3.8) is 0 Å². The molecule has 7 nitrogen and oxygen atoms in total. The molecule has 1 aliphatic heterocycles. The molecule has 0 spiro atoms. The van der Waals surface area contributed by atoms with E-state index in [0.717, 1.165) is 0 Å². The van der Waals surface area contributed by atoms with Crippen LogP contribution in [0.3, 0.4) is 0 Å². The first-order chi connectivity index (χ1) is 10.5. The van der Waals surface area contributed by atoms with Gasteiger partial charge in [-0.25, -0.2) is 13.2 Å². The SMILES string of the molecule is Cc1ccc(C(=O)OCC#N)cc1S(=O)(=O)N1CCOCC1. The van der Waals surface area contributed by atoms with E-state index in [1.807, 2.05) is 0 Å². The van der Waals surface area contributed by atoms with Crippen LogP contribution in [-0.2, 0) is 19.5 Å². The van der Waals surface area contributed by atoms with E-state index in [1.165, 1.54) is 16.4 Å². The van der Waals surface area contributed by atoms with E-state index in [4.69, 9.17) is 14.7 Å². The molecular weight excluding hydrogens is 308 g/mol. The van der Waals surface area contributed by atoms with Gasteiger partial charge in [-0.15, -0.1) is 0 Å². The third-order valence-electron chi connectivity index (χ3n) is 3.28. The summed E-state index contributed by atoms with van der Waals surface area (Å²) in [6, 6.07) is 6.02. The van der Waals surface area contributed by atoms with Crippen LogP contribution in [0.25, 0.3) is 0 Å². The van der Waals surface area contributed by atoms with Crippen LogP contribution in [0.15, 0.2) is 23.1 Å². The number of benzene rings is 1. The molecule has 8 heteroatoms. The van der Waals surface area contributed by atoms with Crippen molar-refractivity contribution in [1.82, 2.24) is 4.31 Å². The van der Waals surface area contributed by atoms with E-state index < -0.39 is 16.0 Å². The van der Waals surface area contributed by atoms with Crippen molar-refractivity contribution in [1.29, 1.82) is 5.26 Å². The van der Waals surface area contributed by atoms with Crippen LogP contribution in [-0.4, -0.2) is 51.6 Å². The van der Waals surface area contributed by atoms with Gasteiger partial charge in [-0.05, 0) is 24.6 Å². The predicted molar refractivity (Wildman–Crippen MR) is 76.7 cm³/mol. The number of ether oxygens (including phenoxy) is 2. The fourth-order valence-corrected chi connectivity index (χ4v) is 3.77. The van der Waals surface area contributed by atoms with Crippen molar-refractivity contribution in [3.05, 3.63) is 29.3 Å². The first-order valence-corrected chi connectivity index (χ1v) is 8.13. The maximum Gasteiger partial charge on any atom is 0.339 e. The number of esters is 1. The van der Waals surface area contributed by atoms with Gasteiger partial charge in [0.05, 0.1) is 23.7 Å². The van der Waals surface area contributed by atoms with Crippen molar-refractivity contribution >= 4 is 16.0 Å². The number of sulfonamides is 1. The molecule has 22 heavy (non-hydrogen) atoms. The van der Waals surface area contributed by atoms with Gasteiger partial charge in [-0.1, -0.05) is 6.07 Å². The second-order valence-electron chi connectivity index (χ2n) is 4.73. The summed E-state index contributed by atoms with van der Waals surface area (Å²) in [5.74, 6) is -0.722. The van der Waals surface area contributed by atoms with Gasteiger partial charge in [0, 0.05) is 13.1 Å². The third kappa shape index (κ3) is 3.44. The molecule has 0 unspecified atom stereocenters. The third-order valence-corrected chi connectivity index (χ3v) is 5.32. The van der Waals surface area contributed by atoms with E-state index in [2.05, 4.69) is 0 Å². The fourth-order valence-electron chi connectivity index (χ4n) is 2.11. The minimum absolute atomic E-state index is 0.0702. The lowest BCUT2D eigenvalue weighted by Gasteiger charge is -2.26. The molecule has 0 bridgehead atoms. The minimum Gasteiger partial charge on any atom is -0.447 e. The van der Waals surface area contributed by atoms with Gasteiger partial charge in [0.1, 0.15) is 6.07 Å². The summed E-state index contributed by atoms with van der Waals surface area (Å²) in [7, 11) is -3.69. The van der Waals surface area contributed by atoms with Gasteiger partial charge >= 0.3 is 5.97 Å². The number of nitriles is 1. The average Bonchev–Trinajstić information content (AvgIpc) is 2.53. The highest BCUT2D eigenvalue weighted by molar-refractivity contribution is 7.89. The highest BCUT2D eigenvalue weighted by Crippen LogP contribution is 2.22. The van der Waals surface area contributed by atoms with E-state index in [9.17, 15) is 13.2 Å². The standard InChI is InChI=1S/C14H16N2O5S/c1-11-2-3-12(14(17)21-7-4-15)10-13(11)22(18,19)16-5-8-20-9-6-16/h2-3,10H,5-9H2,1H3. The maximum atomic E-state index is 12.7. The number of hydrogen-bond acceptors (Lipinski definition) is 6. The molecule has 118 valence electrons. The first kappa shape index (κ1) is 16.4. The number of nitrogens with zero attached hydrogens (tertiary/aromatic N) is 2. The normalized spacial score (nSPS) is 16.0. The molecule has 1 aromatic rings. The Labute approximate surface area is 129 Å². The minimum atomic E-state index is -3.69. The summed E-state index contributed by atoms with van der Waals surface area (Å²) in [5, 5.41) is 8.42. The molecule has 1 aromatic carbocycles. The molecule has 0 amide bonds. The first-order valence-electron chi connectivity index (χ1n) is 6.69. The molecule has 0 saturated carbocycles. The number of rotatable bonds is 4. The molecule has 1 saturated heterocycles. The zero-order chi connectivity index (χ0) is 16.2. The summed E-state index contributed by atoms with van der Waals surface area (Å²) >= 11 is 0. The number of carbonyl (C=O) groups excluding carboxylic acids is 1. The van der Waals surface area contributed by atoms with Gasteiger partial charge in [-0.2, -0.15) is 9.57 Å². The maximum absolute atomic E-state index is 12.7. The van der Waals surface area contributed by atoms with E-state index in [-0.39, 0.29) is 30.2 Å². The molecule has 0 N–H and O–H groups in total. The smallest absolute Gasteiger partial charge is 0.339 e. The Balaban J connectivity index is 2.33. The van der Waals surface area contributed by atoms with Crippen LogP contribution in [0.1, 0.15) is 15.9 Å². The highest BCUT2D eigenvalue weighted by atomic mass is 32.2. The van der Waals surface area contributed by atoms with Gasteiger partial charge < -0.3 is 9.47 Å². The van der Waals surface area contributed by atoms with E-state index in [0.29, 0.717) is 18.8 Å². The van der Waals surface area contributed by atoms with Crippen LogP contribution in [0.4, 0.5) is 0 Å². The Morgan fingerprint density at radius 3 is 2.73 bits per heavy atom. The quantitative estimate of drug-likeness (QED) is 0.756. The molecule has 1 aliphatic rings. The molecule has 0 aromatic heterocycles.